The zero-order valence-corrected chi connectivity index (χ0v) is 8.78. The lowest BCUT2D eigenvalue weighted by atomic mass is 10.1. The van der Waals surface area contributed by atoms with Crippen LogP contribution in [0.4, 0.5) is 4.79 Å². The van der Waals surface area contributed by atoms with Crippen molar-refractivity contribution in [2.45, 2.75) is 32.7 Å². The highest BCUT2D eigenvalue weighted by Crippen LogP contribution is 2.12. The Morgan fingerprint density at radius 3 is 2.50 bits per heavy atom. The van der Waals surface area contributed by atoms with Gasteiger partial charge in [-0.15, -0.1) is 0 Å². The second-order valence-electron chi connectivity index (χ2n) is 3.91. The summed E-state index contributed by atoms with van der Waals surface area (Å²) in [4.78, 5) is 14.8. The second kappa shape index (κ2) is 5.34. The number of amides is 1. The Morgan fingerprint density at radius 1 is 1.57 bits per heavy atom. The van der Waals surface area contributed by atoms with E-state index in [4.69, 9.17) is 5.53 Å². The maximum atomic E-state index is 10.7. The zero-order chi connectivity index (χ0) is 11.2. The van der Waals surface area contributed by atoms with Crippen molar-refractivity contribution in [2.75, 3.05) is 13.1 Å². The molecule has 6 nitrogen and oxygen atoms in total. The summed E-state index contributed by atoms with van der Waals surface area (Å²) in [5.74, 6) is 0. The summed E-state index contributed by atoms with van der Waals surface area (Å²) in [7, 11) is 0. The third kappa shape index (κ3) is 4.57. The Hall–Kier alpha value is -1.42. The highest BCUT2D eigenvalue weighted by molar-refractivity contribution is 5.63. The summed E-state index contributed by atoms with van der Waals surface area (Å²) in [6.07, 6.45) is -0.631. The molecular weight excluding hydrogens is 184 g/mol. The molecule has 0 aliphatic carbocycles. The maximum Gasteiger partial charge on any atom is 0.214 e. The van der Waals surface area contributed by atoms with Crippen LogP contribution in [0.5, 0.6) is 0 Å². The van der Waals surface area contributed by atoms with E-state index in [1.807, 2.05) is 0 Å². The molecule has 1 N–H and O–H groups in total. The van der Waals surface area contributed by atoms with Crippen LogP contribution in [0.3, 0.4) is 0 Å². The van der Waals surface area contributed by atoms with E-state index in [0.29, 0.717) is 19.5 Å². The first kappa shape index (κ1) is 12.6. The van der Waals surface area contributed by atoms with Gasteiger partial charge in [-0.3, -0.25) is 0 Å². The number of rotatable bonds is 4. The Labute approximate surface area is 83.1 Å². The predicted octanol–water partition coefficient (Wildman–Crippen LogP) is 0.371. The third-order valence-electron chi connectivity index (χ3n) is 1.74. The van der Waals surface area contributed by atoms with Crippen LogP contribution in [0.15, 0.2) is 5.11 Å². The molecule has 0 unspecified atom stereocenters. The first-order chi connectivity index (χ1) is 6.39. The first-order valence-corrected chi connectivity index (χ1v) is 4.41. The predicted molar refractivity (Wildman–Crippen MR) is 48.6 cm³/mol. The molecule has 0 saturated carbocycles. The zero-order valence-electron chi connectivity index (χ0n) is 8.78. The van der Waals surface area contributed by atoms with E-state index in [1.54, 1.807) is 20.8 Å². The van der Waals surface area contributed by atoms with E-state index in [0.717, 1.165) is 0 Å². The molecule has 6 heteroatoms. The lowest BCUT2D eigenvalue weighted by molar-refractivity contribution is -0.270. The molecule has 0 atom stereocenters. The van der Waals surface area contributed by atoms with Crippen molar-refractivity contribution >= 4 is 6.09 Å². The van der Waals surface area contributed by atoms with Crippen LogP contribution in [-0.2, 0) is 0 Å². The van der Waals surface area contributed by atoms with Crippen molar-refractivity contribution in [1.29, 1.82) is 5.53 Å². The van der Waals surface area contributed by atoms with Crippen molar-refractivity contribution in [3.05, 3.63) is 0 Å². The monoisotopic (exact) mass is 200 g/mol. The van der Waals surface area contributed by atoms with Gasteiger partial charge >= 0.3 is 0 Å². The molecule has 0 aromatic carbocycles. The lowest BCUT2D eigenvalue weighted by Crippen LogP contribution is -2.52. The highest BCUT2D eigenvalue weighted by atomic mass is 16.4. The number of carbonyl (C=O) groups is 1. The van der Waals surface area contributed by atoms with Gasteiger partial charge in [0, 0.05) is 12.1 Å². The summed E-state index contributed by atoms with van der Waals surface area (Å²) < 4.78 is 0. The minimum Gasteiger partial charge on any atom is -0.530 e. The standard InChI is InChI=1S/C8H16N4O2/c1-8(2,3)12(7(13)14)6-4-5-10-11-9/h9H,4-6H2,1-3H3. The number of carbonyl (C=O) groups excluding carboxylic acids is 1. The van der Waals surface area contributed by atoms with Gasteiger partial charge in [0.15, 0.2) is 0 Å². The minimum atomic E-state index is -1.18. The fourth-order valence-corrected chi connectivity index (χ4v) is 1.05. The van der Waals surface area contributed by atoms with E-state index in [1.165, 1.54) is 4.90 Å². The lowest BCUT2D eigenvalue weighted by Gasteiger charge is -2.37. The normalized spacial score (nSPS) is 10.5. The molecule has 80 valence electrons. The van der Waals surface area contributed by atoms with Crippen LogP contribution in [0.1, 0.15) is 27.2 Å². The molecule has 0 aromatic heterocycles. The second-order valence-corrected chi connectivity index (χ2v) is 3.91. The van der Waals surface area contributed by atoms with Gasteiger partial charge in [0.05, 0.1) is 0 Å². The number of carboxylic acid groups (broad SMARTS) is 1. The molecule has 0 heterocycles. The molecule has 0 fully saturated rings. The molecule has 14 heavy (non-hydrogen) atoms. The van der Waals surface area contributed by atoms with Crippen molar-refractivity contribution in [3.63, 3.8) is 0 Å². The molecule has 0 spiro atoms. The molecule has 0 aliphatic rings. The summed E-state index contributed by atoms with van der Waals surface area (Å²) in [5, 5.41) is 14.2. The van der Waals surface area contributed by atoms with Gasteiger partial charge < -0.3 is 14.8 Å². The summed E-state index contributed by atoms with van der Waals surface area (Å²) in [6, 6.07) is 0. The molecule has 0 bridgehead atoms. The maximum absolute atomic E-state index is 10.7. The van der Waals surface area contributed by atoms with Gasteiger partial charge in [-0.25, -0.2) is 0 Å². The van der Waals surface area contributed by atoms with E-state index >= 15 is 0 Å². The molecule has 0 aliphatic heterocycles. The smallest absolute Gasteiger partial charge is 0.214 e. The summed E-state index contributed by atoms with van der Waals surface area (Å²) in [6.45, 7) is 6.12. The number of nitrogens with zero attached hydrogens (tertiary/aromatic N) is 3. The topological polar surface area (TPSA) is 93.7 Å². The van der Waals surface area contributed by atoms with Crippen LogP contribution >= 0.6 is 0 Å². The number of hydrogen-bond donors (Lipinski definition) is 1. The highest BCUT2D eigenvalue weighted by Gasteiger charge is 2.20. The van der Waals surface area contributed by atoms with Gasteiger partial charge in [0.2, 0.25) is 4.91 Å². The Bertz CT molecular complexity index is 240. The molecule has 1 amide bonds. The summed E-state index contributed by atoms with van der Waals surface area (Å²) >= 11 is 0. The molecular formula is C8H16N4O2. The number of nitrogens with one attached hydrogen (secondary N) is 1. The largest absolute Gasteiger partial charge is 0.530 e. The Balaban J connectivity index is 4.12. The number of hydrogen-bond acceptors (Lipinski definition) is 4. The third-order valence-corrected chi connectivity index (χ3v) is 1.74. The van der Waals surface area contributed by atoms with E-state index < -0.39 is 11.6 Å². The van der Waals surface area contributed by atoms with Crippen molar-refractivity contribution in [2.24, 2.45) is 5.11 Å². The van der Waals surface area contributed by atoms with Crippen LogP contribution in [0, 0.1) is 5.53 Å². The van der Waals surface area contributed by atoms with E-state index in [-0.39, 0.29) is 0 Å². The Kier molecular flexibility index (Phi) is 4.80. The van der Waals surface area contributed by atoms with Crippen molar-refractivity contribution in [1.82, 2.24) is 9.81 Å². The fourth-order valence-electron chi connectivity index (χ4n) is 1.05. The van der Waals surface area contributed by atoms with E-state index in [9.17, 15) is 9.90 Å². The van der Waals surface area contributed by atoms with Crippen LogP contribution in [0.25, 0.3) is 0 Å². The SMILES string of the molecule is CC(C)(C)N(CCCN=[N+]=N)C(=O)[O-]. The van der Waals surface area contributed by atoms with Gasteiger partial charge in [-0.2, -0.15) is 0 Å². The molecule has 0 saturated heterocycles. The minimum absolute atomic E-state index is 0.352. The molecule has 0 radical (unpaired) electrons. The Morgan fingerprint density at radius 2 is 2.14 bits per heavy atom. The van der Waals surface area contributed by atoms with Gasteiger partial charge in [-0.05, 0) is 27.2 Å². The van der Waals surface area contributed by atoms with E-state index in [2.05, 4.69) is 10.0 Å². The fraction of sp³-hybridized carbons (Fsp3) is 0.875. The van der Waals surface area contributed by atoms with Crippen molar-refractivity contribution < 1.29 is 9.90 Å². The average molecular weight is 200 g/mol. The summed E-state index contributed by atoms with van der Waals surface area (Å²) in [5.41, 5.74) is 5.95. The van der Waals surface area contributed by atoms with Crippen LogP contribution < -0.4 is 10.0 Å². The van der Waals surface area contributed by atoms with Crippen LogP contribution in [-0.4, -0.2) is 29.6 Å². The first-order valence-electron chi connectivity index (χ1n) is 4.41. The van der Waals surface area contributed by atoms with Crippen LogP contribution in [0.2, 0.25) is 0 Å². The van der Waals surface area contributed by atoms with Gasteiger partial charge in [0.25, 0.3) is 0 Å². The average Bonchev–Trinajstić information content (AvgIpc) is 2.01. The van der Waals surface area contributed by atoms with Gasteiger partial charge in [0.1, 0.15) is 23.3 Å². The molecule has 0 aromatic rings. The van der Waals surface area contributed by atoms with Crippen molar-refractivity contribution in [3.8, 4) is 0 Å². The quantitative estimate of drug-likeness (QED) is 0.403. The molecule has 0 rings (SSSR count). The van der Waals surface area contributed by atoms with Gasteiger partial charge in [-0.1, -0.05) is 0 Å².